The van der Waals surface area contributed by atoms with Crippen LogP contribution in [-0.4, -0.2) is 61.6 Å². The molecule has 1 saturated heterocycles. The fourth-order valence-electron chi connectivity index (χ4n) is 2.49. The Bertz CT molecular complexity index is 739. The molecule has 130 valence electrons. The second kappa shape index (κ2) is 6.00. The lowest BCUT2D eigenvalue weighted by molar-refractivity contribution is -0.124. The second-order valence-corrected chi connectivity index (χ2v) is 5.65. The predicted molar refractivity (Wildman–Crippen MR) is 76.5 cm³/mol. The van der Waals surface area contributed by atoms with Crippen LogP contribution in [0.2, 0.25) is 0 Å². The first-order valence-corrected chi connectivity index (χ1v) is 7.13. The first-order valence-electron chi connectivity index (χ1n) is 7.13. The number of nitrogens with zero attached hydrogens (tertiary/aromatic N) is 5. The maximum atomic E-state index is 14.3. The molecule has 24 heavy (non-hydrogen) atoms. The van der Waals surface area contributed by atoms with E-state index in [-0.39, 0.29) is 11.9 Å². The molecule has 0 spiro atoms. The van der Waals surface area contributed by atoms with Gasteiger partial charge in [0, 0.05) is 11.1 Å². The summed E-state index contributed by atoms with van der Waals surface area (Å²) in [5.74, 6) is 0.204. The van der Waals surface area contributed by atoms with Crippen molar-refractivity contribution >= 4 is 5.82 Å². The Morgan fingerprint density at radius 3 is 2.88 bits per heavy atom. The predicted octanol–water partition coefficient (Wildman–Crippen LogP) is -0.985. The topological polar surface area (TPSA) is 166 Å². The van der Waals surface area contributed by atoms with Crippen LogP contribution in [0.1, 0.15) is 12.6 Å². The summed E-state index contributed by atoms with van der Waals surface area (Å²) in [7, 11) is 0. The van der Waals surface area contributed by atoms with Crippen LogP contribution in [0.15, 0.2) is 22.2 Å². The van der Waals surface area contributed by atoms with E-state index < -0.39 is 42.6 Å². The van der Waals surface area contributed by atoms with Crippen LogP contribution in [0.4, 0.5) is 10.2 Å². The van der Waals surface area contributed by atoms with Crippen LogP contribution >= 0.6 is 0 Å². The number of nitrogens with one attached hydrogen (secondary N) is 1. The first-order chi connectivity index (χ1) is 11.4. The van der Waals surface area contributed by atoms with Gasteiger partial charge in [0.2, 0.25) is 5.72 Å². The van der Waals surface area contributed by atoms with Crippen LogP contribution in [0.3, 0.4) is 0 Å². The van der Waals surface area contributed by atoms with Gasteiger partial charge < -0.3 is 25.4 Å². The number of hydrogen-bond donors (Lipinski definition) is 4. The lowest BCUT2D eigenvalue weighted by atomic mass is 10.1. The van der Waals surface area contributed by atoms with E-state index in [0.717, 1.165) is 4.57 Å². The molecule has 2 fully saturated rings. The number of alkyl halides is 1. The lowest BCUT2D eigenvalue weighted by Crippen LogP contribution is -2.43. The third-order valence-electron chi connectivity index (χ3n) is 4.00. The zero-order chi connectivity index (χ0) is 17.5. The molecular formula is C12H15FN6O5. The van der Waals surface area contributed by atoms with Crippen molar-refractivity contribution in [3.8, 4) is 0 Å². The van der Waals surface area contributed by atoms with Gasteiger partial charge in [0.15, 0.2) is 12.4 Å². The Labute approximate surface area is 133 Å². The van der Waals surface area contributed by atoms with Crippen LogP contribution < -0.4 is 11.0 Å². The van der Waals surface area contributed by atoms with Crippen molar-refractivity contribution in [2.24, 2.45) is 5.11 Å². The molecule has 0 bridgehead atoms. The van der Waals surface area contributed by atoms with E-state index in [1.165, 1.54) is 12.3 Å². The highest BCUT2D eigenvalue weighted by atomic mass is 19.1. The number of aliphatic hydroxyl groups excluding tert-OH is 3. The molecule has 4 N–H and O–H groups in total. The number of halogens is 1. The molecule has 11 nitrogen and oxygen atoms in total. The van der Waals surface area contributed by atoms with Gasteiger partial charge >= 0.3 is 5.69 Å². The number of hydrogen-bond acceptors (Lipinski definition) is 8. The van der Waals surface area contributed by atoms with Gasteiger partial charge in [0.05, 0.1) is 18.8 Å². The summed E-state index contributed by atoms with van der Waals surface area (Å²) in [4.78, 5) is 18.2. The summed E-state index contributed by atoms with van der Waals surface area (Å²) < 4.78 is 20.3. The summed E-state index contributed by atoms with van der Waals surface area (Å²) in [6.45, 7) is -0.962. The highest BCUT2D eigenvalue weighted by Gasteiger charge is 2.56. The molecule has 1 aromatic rings. The van der Waals surface area contributed by atoms with Crippen molar-refractivity contribution in [3.63, 3.8) is 0 Å². The number of azide groups is 1. The summed E-state index contributed by atoms with van der Waals surface area (Å²) in [6, 6.07) is 1.19. The molecule has 0 radical (unpaired) electrons. The zero-order valence-corrected chi connectivity index (χ0v) is 12.2. The SMILES string of the molecule is [N-]=[N+]=NC1(CO)O[C@@H](n2ccc(NC3CC3O)nc2=O)[C@@H](F)[C@@H]1O. The molecular weight excluding hydrogens is 327 g/mol. The Morgan fingerprint density at radius 1 is 1.62 bits per heavy atom. The van der Waals surface area contributed by atoms with Crippen molar-refractivity contribution < 1.29 is 24.4 Å². The Morgan fingerprint density at radius 2 is 2.33 bits per heavy atom. The fourth-order valence-corrected chi connectivity index (χ4v) is 2.49. The highest BCUT2D eigenvalue weighted by Crippen LogP contribution is 2.39. The van der Waals surface area contributed by atoms with E-state index in [1.807, 2.05) is 0 Å². The zero-order valence-electron chi connectivity index (χ0n) is 12.2. The monoisotopic (exact) mass is 342 g/mol. The molecule has 0 aromatic carbocycles. The Kier molecular flexibility index (Phi) is 4.15. The molecule has 3 rings (SSSR count). The van der Waals surface area contributed by atoms with Crippen LogP contribution in [0, 0.1) is 0 Å². The van der Waals surface area contributed by atoms with Gasteiger partial charge in [0.1, 0.15) is 11.9 Å². The summed E-state index contributed by atoms with van der Waals surface area (Å²) in [6.07, 6.45) is -4.44. The van der Waals surface area contributed by atoms with Crippen molar-refractivity contribution in [2.45, 2.75) is 42.8 Å². The minimum Gasteiger partial charge on any atom is -0.393 e. The minimum atomic E-state index is -2.21. The summed E-state index contributed by atoms with van der Waals surface area (Å²) >= 11 is 0. The molecule has 1 aliphatic carbocycles. The molecule has 2 heterocycles. The van der Waals surface area contributed by atoms with Crippen molar-refractivity contribution in [3.05, 3.63) is 33.2 Å². The molecule has 1 aromatic heterocycles. The van der Waals surface area contributed by atoms with E-state index >= 15 is 0 Å². The maximum absolute atomic E-state index is 14.3. The largest absolute Gasteiger partial charge is 0.393 e. The molecule has 0 amide bonds. The summed E-state index contributed by atoms with van der Waals surface area (Å²) in [5, 5.41) is 34.4. The fraction of sp³-hybridized carbons (Fsp3) is 0.667. The lowest BCUT2D eigenvalue weighted by Gasteiger charge is -2.23. The van der Waals surface area contributed by atoms with Crippen LogP contribution in [-0.2, 0) is 4.74 Å². The number of rotatable bonds is 5. The quantitative estimate of drug-likeness (QED) is 0.303. The van der Waals surface area contributed by atoms with Gasteiger partial charge in [0.25, 0.3) is 0 Å². The van der Waals surface area contributed by atoms with E-state index in [2.05, 4.69) is 20.3 Å². The van der Waals surface area contributed by atoms with E-state index in [1.54, 1.807) is 0 Å². The van der Waals surface area contributed by atoms with Gasteiger partial charge in [-0.15, -0.1) is 0 Å². The molecule has 3 unspecified atom stereocenters. The number of aliphatic hydroxyl groups is 3. The van der Waals surface area contributed by atoms with Crippen LogP contribution in [0.5, 0.6) is 0 Å². The molecule has 2 aliphatic rings. The molecule has 6 atom stereocenters. The third-order valence-corrected chi connectivity index (χ3v) is 4.00. The van der Waals surface area contributed by atoms with Crippen molar-refractivity contribution in [2.75, 3.05) is 11.9 Å². The van der Waals surface area contributed by atoms with Gasteiger partial charge in [-0.3, -0.25) is 4.57 Å². The average Bonchev–Trinajstić information content (AvgIpc) is 3.19. The van der Waals surface area contributed by atoms with E-state index in [9.17, 15) is 24.5 Å². The number of anilines is 1. The Balaban J connectivity index is 1.86. The van der Waals surface area contributed by atoms with Crippen molar-refractivity contribution in [1.82, 2.24) is 9.55 Å². The van der Waals surface area contributed by atoms with Crippen LogP contribution in [0.25, 0.3) is 10.4 Å². The third kappa shape index (κ3) is 2.70. The first kappa shape index (κ1) is 16.6. The summed E-state index contributed by atoms with van der Waals surface area (Å²) in [5.41, 5.74) is 5.42. The van der Waals surface area contributed by atoms with Gasteiger partial charge in [-0.1, -0.05) is 5.11 Å². The smallest absolute Gasteiger partial charge is 0.351 e. The Hall–Kier alpha value is -2.24. The normalized spacial score (nSPS) is 37.8. The maximum Gasteiger partial charge on any atom is 0.351 e. The van der Waals surface area contributed by atoms with Gasteiger partial charge in [-0.2, -0.15) is 4.98 Å². The standard InChI is InChI=1S/C12H15FN6O5/c13-8-9(22)12(4-20,17-18-14)24-10(8)19-2-1-7(16-11(19)23)15-5-3-6(5)21/h1-2,5-6,8-10,20-22H,3-4H2,(H,15,16,23)/t5?,6?,8-,9-,10+,12?/m0/s1. The number of aromatic nitrogens is 2. The number of ether oxygens (including phenoxy) is 1. The second-order valence-electron chi connectivity index (χ2n) is 5.65. The minimum absolute atomic E-state index is 0.182. The molecule has 12 heteroatoms. The molecule has 1 aliphatic heterocycles. The van der Waals surface area contributed by atoms with E-state index in [0.29, 0.717) is 6.42 Å². The average molecular weight is 342 g/mol. The van der Waals surface area contributed by atoms with E-state index in [4.69, 9.17) is 10.3 Å². The highest BCUT2D eigenvalue weighted by molar-refractivity contribution is 5.36. The van der Waals surface area contributed by atoms with Gasteiger partial charge in [-0.25, -0.2) is 9.18 Å². The molecule has 1 saturated carbocycles. The van der Waals surface area contributed by atoms with Crippen molar-refractivity contribution in [1.29, 1.82) is 0 Å². The van der Waals surface area contributed by atoms with Gasteiger partial charge in [-0.05, 0) is 18.0 Å².